The monoisotopic (exact) mass is 213 g/mol. The molecule has 0 unspecified atom stereocenters. The van der Waals surface area contributed by atoms with E-state index in [9.17, 15) is 0 Å². The van der Waals surface area contributed by atoms with Crippen molar-refractivity contribution in [1.82, 2.24) is 5.32 Å². The molecular weight excluding hydrogens is 186 g/mol. The lowest BCUT2D eigenvalue weighted by molar-refractivity contribution is 0.142. The van der Waals surface area contributed by atoms with Crippen LogP contribution in [0.4, 0.5) is 0 Å². The van der Waals surface area contributed by atoms with Gasteiger partial charge in [0, 0.05) is 19.3 Å². The van der Waals surface area contributed by atoms with Crippen LogP contribution in [-0.2, 0) is 4.74 Å². The first-order valence-corrected chi connectivity index (χ1v) is 6.53. The van der Waals surface area contributed by atoms with E-state index in [1.54, 1.807) is 0 Å². The average molecular weight is 213 g/mol. The van der Waals surface area contributed by atoms with E-state index in [-0.39, 0.29) is 0 Å². The summed E-state index contributed by atoms with van der Waals surface area (Å²) >= 11 is 0. The molecule has 0 aromatic carbocycles. The van der Waals surface area contributed by atoms with E-state index in [4.69, 9.17) is 4.74 Å². The van der Waals surface area contributed by atoms with Crippen molar-refractivity contribution in [3.63, 3.8) is 0 Å². The third kappa shape index (κ3) is 5.53. The molecule has 0 aliphatic heterocycles. The van der Waals surface area contributed by atoms with Gasteiger partial charge in [0.15, 0.2) is 0 Å². The SMILES string of the molecule is CCOCCCNC1C[C@H](C)C[C@@H](C)C1. The van der Waals surface area contributed by atoms with Crippen LogP contribution >= 0.6 is 0 Å². The van der Waals surface area contributed by atoms with Crippen LogP contribution in [-0.4, -0.2) is 25.8 Å². The van der Waals surface area contributed by atoms with Gasteiger partial charge in [-0.2, -0.15) is 0 Å². The van der Waals surface area contributed by atoms with Crippen molar-refractivity contribution in [2.75, 3.05) is 19.8 Å². The van der Waals surface area contributed by atoms with Gasteiger partial charge in [-0.05, 0) is 51.0 Å². The summed E-state index contributed by atoms with van der Waals surface area (Å²) in [7, 11) is 0. The van der Waals surface area contributed by atoms with Gasteiger partial charge in [0.05, 0.1) is 0 Å². The topological polar surface area (TPSA) is 21.3 Å². The molecule has 1 fully saturated rings. The van der Waals surface area contributed by atoms with Crippen molar-refractivity contribution in [1.29, 1.82) is 0 Å². The molecule has 1 N–H and O–H groups in total. The zero-order valence-corrected chi connectivity index (χ0v) is 10.6. The third-order valence-corrected chi connectivity index (χ3v) is 3.28. The van der Waals surface area contributed by atoms with Gasteiger partial charge in [-0.15, -0.1) is 0 Å². The Kier molecular flexibility index (Phi) is 6.26. The molecule has 1 aliphatic rings. The molecule has 0 radical (unpaired) electrons. The molecular formula is C13H27NO. The molecule has 0 saturated heterocycles. The molecule has 2 nitrogen and oxygen atoms in total. The average Bonchev–Trinajstić information content (AvgIpc) is 2.16. The number of rotatable bonds is 6. The molecule has 2 heteroatoms. The predicted molar refractivity (Wildman–Crippen MR) is 65.1 cm³/mol. The highest BCUT2D eigenvalue weighted by molar-refractivity contribution is 4.79. The molecule has 0 aromatic heterocycles. The van der Waals surface area contributed by atoms with Crippen molar-refractivity contribution in [2.45, 2.75) is 52.5 Å². The van der Waals surface area contributed by atoms with E-state index in [2.05, 4.69) is 26.1 Å². The minimum Gasteiger partial charge on any atom is -0.382 e. The van der Waals surface area contributed by atoms with E-state index in [0.717, 1.165) is 44.1 Å². The van der Waals surface area contributed by atoms with Crippen LogP contribution in [0.3, 0.4) is 0 Å². The normalized spacial score (nSPS) is 31.8. The fraction of sp³-hybridized carbons (Fsp3) is 1.00. The van der Waals surface area contributed by atoms with E-state index in [1.807, 2.05) is 0 Å². The Morgan fingerprint density at radius 1 is 1.13 bits per heavy atom. The fourth-order valence-corrected chi connectivity index (χ4v) is 2.74. The second-order valence-corrected chi connectivity index (χ2v) is 5.12. The summed E-state index contributed by atoms with van der Waals surface area (Å²) in [5, 5.41) is 3.66. The summed E-state index contributed by atoms with van der Waals surface area (Å²) in [4.78, 5) is 0. The van der Waals surface area contributed by atoms with Gasteiger partial charge < -0.3 is 10.1 Å². The van der Waals surface area contributed by atoms with Crippen LogP contribution in [0.15, 0.2) is 0 Å². The number of ether oxygens (including phenoxy) is 1. The molecule has 0 heterocycles. The zero-order chi connectivity index (χ0) is 11.1. The predicted octanol–water partition coefficient (Wildman–Crippen LogP) is 2.83. The zero-order valence-electron chi connectivity index (χ0n) is 10.6. The maximum atomic E-state index is 5.33. The smallest absolute Gasteiger partial charge is 0.0477 e. The van der Waals surface area contributed by atoms with Crippen molar-refractivity contribution in [3.05, 3.63) is 0 Å². The Labute approximate surface area is 94.8 Å². The minimum atomic E-state index is 0.755. The van der Waals surface area contributed by atoms with Crippen molar-refractivity contribution in [3.8, 4) is 0 Å². The van der Waals surface area contributed by atoms with Gasteiger partial charge in [-0.25, -0.2) is 0 Å². The van der Waals surface area contributed by atoms with Gasteiger partial charge in [-0.3, -0.25) is 0 Å². The van der Waals surface area contributed by atoms with Crippen LogP contribution < -0.4 is 5.32 Å². The largest absolute Gasteiger partial charge is 0.382 e. The van der Waals surface area contributed by atoms with Gasteiger partial charge in [0.1, 0.15) is 0 Å². The Balaban J connectivity index is 2.04. The molecule has 1 saturated carbocycles. The standard InChI is InChI=1S/C13H27NO/c1-4-15-7-5-6-14-13-9-11(2)8-12(3)10-13/h11-14H,4-10H2,1-3H3/t11-,12-/m1/s1. The molecule has 15 heavy (non-hydrogen) atoms. The molecule has 1 rings (SSSR count). The maximum absolute atomic E-state index is 5.33. The number of nitrogens with one attached hydrogen (secondary N) is 1. The highest BCUT2D eigenvalue weighted by Gasteiger charge is 2.22. The van der Waals surface area contributed by atoms with Gasteiger partial charge in [0.2, 0.25) is 0 Å². The molecule has 2 atom stereocenters. The van der Waals surface area contributed by atoms with Gasteiger partial charge in [0.25, 0.3) is 0 Å². The summed E-state index contributed by atoms with van der Waals surface area (Å²) in [6, 6.07) is 0.755. The van der Waals surface area contributed by atoms with Crippen molar-refractivity contribution < 1.29 is 4.74 Å². The first kappa shape index (κ1) is 13.0. The lowest BCUT2D eigenvalue weighted by atomic mass is 9.80. The lowest BCUT2D eigenvalue weighted by Gasteiger charge is -2.32. The summed E-state index contributed by atoms with van der Waals surface area (Å²) in [5.41, 5.74) is 0. The van der Waals surface area contributed by atoms with Crippen LogP contribution in [0.25, 0.3) is 0 Å². The molecule has 0 amide bonds. The first-order chi connectivity index (χ1) is 7.22. The molecule has 0 aromatic rings. The molecule has 0 bridgehead atoms. The molecule has 90 valence electrons. The van der Waals surface area contributed by atoms with E-state index in [0.29, 0.717) is 0 Å². The summed E-state index contributed by atoms with van der Waals surface area (Å²) in [6.07, 6.45) is 5.28. The second kappa shape index (κ2) is 7.24. The summed E-state index contributed by atoms with van der Waals surface area (Å²) in [5.74, 6) is 1.80. The highest BCUT2D eigenvalue weighted by Crippen LogP contribution is 2.28. The maximum Gasteiger partial charge on any atom is 0.0477 e. The Morgan fingerprint density at radius 3 is 2.40 bits per heavy atom. The lowest BCUT2D eigenvalue weighted by Crippen LogP contribution is -2.37. The number of hydrogen-bond donors (Lipinski definition) is 1. The van der Waals surface area contributed by atoms with E-state index < -0.39 is 0 Å². The van der Waals surface area contributed by atoms with Crippen LogP contribution in [0.1, 0.15) is 46.5 Å². The van der Waals surface area contributed by atoms with Crippen LogP contribution in [0, 0.1) is 11.8 Å². The quantitative estimate of drug-likeness (QED) is 0.685. The van der Waals surface area contributed by atoms with Crippen molar-refractivity contribution in [2.24, 2.45) is 11.8 Å². The number of hydrogen-bond acceptors (Lipinski definition) is 2. The minimum absolute atomic E-state index is 0.755. The fourth-order valence-electron chi connectivity index (χ4n) is 2.74. The summed E-state index contributed by atoms with van der Waals surface area (Å²) < 4.78 is 5.33. The summed E-state index contributed by atoms with van der Waals surface area (Å²) in [6.45, 7) is 9.68. The van der Waals surface area contributed by atoms with Crippen LogP contribution in [0.2, 0.25) is 0 Å². The van der Waals surface area contributed by atoms with E-state index >= 15 is 0 Å². The molecule has 0 spiro atoms. The first-order valence-electron chi connectivity index (χ1n) is 6.53. The van der Waals surface area contributed by atoms with Crippen LogP contribution in [0.5, 0.6) is 0 Å². The van der Waals surface area contributed by atoms with Crippen molar-refractivity contribution >= 4 is 0 Å². The van der Waals surface area contributed by atoms with Gasteiger partial charge >= 0.3 is 0 Å². The Hall–Kier alpha value is -0.0800. The third-order valence-electron chi connectivity index (χ3n) is 3.28. The highest BCUT2D eigenvalue weighted by atomic mass is 16.5. The van der Waals surface area contributed by atoms with E-state index in [1.165, 1.54) is 19.3 Å². The second-order valence-electron chi connectivity index (χ2n) is 5.12. The Morgan fingerprint density at radius 2 is 1.80 bits per heavy atom. The van der Waals surface area contributed by atoms with Gasteiger partial charge in [-0.1, -0.05) is 13.8 Å². The molecule has 1 aliphatic carbocycles. The Bertz CT molecular complexity index is 151.